The Morgan fingerprint density at radius 3 is 2.69 bits per heavy atom. The van der Waals surface area contributed by atoms with Crippen LogP contribution in [0.5, 0.6) is 0 Å². The van der Waals surface area contributed by atoms with E-state index in [4.69, 9.17) is 4.74 Å². The molecule has 0 fully saturated rings. The highest BCUT2D eigenvalue weighted by atomic mass is 16.5. The van der Waals surface area contributed by atoms with Gasteiger partial charge in [0, 0.05) is 13.7 Å². The fraction of sp³-hybridized carbons (Fsp3) is 0.571. The summed E-state index contributed by atoms with van der Waals surface area (Å²) in [7, 11) is 1.73. The molecule has 1 N–H and O–H groups in total. The predicted octanol–water partition coefficient (Wildman–Crippen LogP) is 2.97. The summed E-state index contributed by atoms with van der Waals surface area (Å²) in [4.78, 5) is 0. The van der Waals surface area contributed by atoms with Crippen LogP contribution in [0.25, 0.3) is 0 Å². The Labute approximate surface area is 99.0 Å². The third kappa shape index (κ3) is 5.29. The molecule has 2 nitrogen and oxygen atoms in total. The summed E-state index contributed by atoms with van der Waals surface area (Å²) in [6, 6.07) is 8.54. The smallest absolute Gasteiger partial charge is 0.0713 e. The SMILES string of the molecule is COCc1cccc(CNCCC(C)C)c1. The highest BCUT2D eigenvalue weighted by Gasteiger charge is 1.97. The number of methoxy groups -OCH3 is 1. The third-order valence-corrected chi connectivity index (χ3v) is 2.53. The van der Waals surface area contributed by atoms with Gasteiger partial charge in [-0.2, -0.15) is 0 Å². The van der Waals surface area contributed by atoms with Gasteiger partial charge in [0.1, 0.15) is 0 Å². The van der Waals surface area contributed by atoms with Crippen LogP contribution in [0.2, 0.25) is 0 Å². The number of hydrogen-bond acceptors (Lipinski definition) is 2. The average Bonchev–Trinajstić information content (AvgIpc) is 2.25. The van der Waals surface area contributed by atoms with E-state index in [2.05, 4.69) is 43.4 Å². The van der Waals surface area contributed by atoms with Gasteiger partial charge in [-0.15, -0.1) is 0 Å². The van der Waals surface area contributed by atoms with E-state index in [0.717, 1.165) is 19.0 Å². The van der Waals surface area contributed by atoms with Crippen molar-refractivity contribution in [1.29, 1.82) is 0 Å². The van der Waals surface area contributed by atoms with Crippen molar-refractivity contribution in [2.75, 3.05) is 13.7 Å². The van der Waals surface area contributed by atoms with E-state index in [9.17, 15) is 0 Å². The van der Waals surface area contributed by atoms with Crippen molar-refractivity contribution in [3.8, 4) is 0 Å². The highest BCUT2D eigenvalue weighted by Crippen LogP contribution is 2.06. The van der Waals surface area contributed by atoms with E-state index in [1.165, 1.54) is 17.5 Å². The minimum Gasteiger partial charge on any atom is -0.380 e. The quantitative estimate of drug-likeness (QED) is 0.715. The van der Waals surface area contributed by atoms with E-state index in [0.29, 0.717) is 6.61 Å². The van der Waals surface area contributed by atoms with Crippen LogP contribution in [0, 0.1) is 5.92 Å². The topological polar surface area (TPSA) is 21.3 Å². The van der Waals surface area contributed by atoms with E-state index in [1.807, 2.05) is 0 Å². The van der Waals surface area contributed by atoms with Gasteiger partial charge >= 0.3 is 0 Å². The Morgan fingerprint density at radius 1 is 1.25 bits per heavy atom. The second-order valence-electron chi connectivity index (χ2n) is 4.61. The Bertz CT molecular complexity index is 297. The molecule has 0 saturated carbocycles. The van der Waals surface area contributed by atoms with Gasteiger partial charge in [-0.05, 0) is 30.0 Å². The lowest BCUT2D eigenvalue weighted by molar-refractivity contribution is 0.185. The van der Waals surface area contributed by atoms with Gasteiger partial charge in [-0.25, -0.2) is 0 Å². The summed E-state index contributed by atoms with van der Waals surface area (Å²) < 4.78 is 5.12. The molecule has 0 atom stereocenters. The molecule has 16 heavy (non-hydrogen) atoms. The summed E-state index contributed by atoms with van der Waals surface area (Å²) in [6.07, 6.45) is 1.23. The molecular weight excluding hydrogens is 198 g/mol. The van der Waals surface area contributed by atoms with Crippen molar-refractivity contribution in [1.82, 2.24) is 5.32 Å². The van der Waals surface area contributed by atoms with Crippen molar-refractivity contribution in [3.63, 3.8) is 0 Å². The zero-order valence-corrected chi connectivity index (χ0v) is 10.6. The maximum absolute atomic E-state index is 5.12. The Balaban J connectivity index is 2.33. The molecule has 2 heteroatoms. The van der Waals surface area contributed by atoms with Crippen LogP contribution in [0.3, 0.4) is 0 Å². The lowest BCUT2D eigenvalue weighted by Gasteiger charge is -2.08. The lowest BCUT2D eigenvalue weighted by Crippen LogP contribution is -2.16. The van der Waals surface area contributed by atoms with Gasteiger partial charge in [0.05, 0.1) is 6.61 Å². The number of benzene rings is 1. The first-order valence-corrected chi connectivity index (χ1v) is 6.00. The van der Waals surface area contributed by atoms with Gasteiger partial charge in [-0.3, -0.25) is 0 Å². The first-order chi connectivity index (χ1) is 7.72. The fourth-order valence-electron chi connectivity index (χ4n) is 1.62. The number of nitrogens with one attached hydrogen (secondary N) is 1. The molecule has 0 radical (unpaired) electrons. The number of ether oxygens (including phenoxy) is 1. The fourth-order valence-corrected chi connectivity index (χ4v) is 1.62. The highest BCUT2D eigenvalue weighted by molar-refractivity contribution is 5.22. The summed E-state index contributed by atoms with van der Waals surface area (Å²) in [5.41, 5.74) is 2.57. The van der Waals surface area contributed by atoms with Crippen molar-refractivity contribution >= 4 is 0 Å². The lowest BCUT2D eigenvalue weighted by atomic mass is 10.1. The molecule has 0 unspecified atom stereocenters. The van der Waals surface area contributed by atoms with E-state index < -0.39 is 0 Å². The molecule has 0 aliphatic rings. The first-order valence-electron chi connectivity index (χ1n) is 6.00. The number of rotatable bonds is 7. The normalized spacial score (nSPS) is 11.0. The third-order valence-electron chi connectivity index (χ3n) is 2.53. The zero-order chi connectivity index (χ0) is 11.8. The van der Waals surface area contributed by atoms with Crippen LogP contribution in [0.15, 0.2) is 24.3 Å². The standard InChI is InChI=1S/C14H23NO/c1-12(2)7-8-15-10-13-5-4-6-14(9-13)11-16-3/h4-6,9,12,15H,7-8,10-11H2,1-3H3. The van der Waals surface area contributed by atoms with Gasteiger partial charge < -0.3 is 10.1 Å². The largest absolute Gasteiger partial charge is 0.380 e. The van der Waals surface area contributed by atoms with Gasteiger partial charge in [0.2, 0.25) is 0 Å². The van der Waals surface area contributed by atoms with Crippen LogP contribution >= 0.6 is 0 Å². The molecule has 0 spiro atoms. The van der Waals surface area contributed by atoms with Crippen LogP contribution in [-0.4, -0.2) is 13.7 Å². The molecule has 0 aliphatic heterocycles. The molecule has 1 rings (SSSR count). The summed E-state index contributed by atoms with van der Waals surface area (Å²) in [5.74, 6) is 0.771. The first kappa shape index (κ1) is 13.2. The molecule has 90 valence electrons. The molecule has 0 amide bonds. The molecule has 0 aliphatic carbocycles. The van der Waals surface area contributed by atoms with Crippen molar-refractivity contribution < 1.29 is 4.74 Å². The second-order valence-corrected chi connectivity index (χ2v) is 4.61. The second kappa shape index (κ2) is 7.42. The van der Waals surface area contributed by atoms with Crippen molar-refractivity contribution in [2.24, 2.45) is 5.92 Å². The molecular formula is C14H23NO. The summed E-state index contributed by atoms with van der Waals surface area (Å²) in [5, 5.41) is 3.46. The van der Waals surface area contributed by atoms with Crippen molar-refractivity contribution in [3.05, 3.63) is 35.4 Å². The van der Waals surface area contributed by atoms with E-state index >= 15 is 0 Å². The molecule has 0 aromatic heterocycles. The van der Waals surface area contributed by atoms with Crippen LogP contribution in [0.4, 0.5) is 0 Å². The molecule has 0 bridgehead atoms. The maximum Gasteiger partial charge on any atom is 0.0713 e. The summed E-state index contributed by atoms with van der Waals surface area (Å²) in [6.45, 7) is 7.23. The Morgan fingerprint density at radius 2 is 2.00 bits per heavy atom. The molecule has 1 aromatic rings. The predicted molar refractivity (Wildman–Crippen MR) is 68.3 cm³/mol. The molecule has 1 aromatic carbocycles. The molecule has 0 heterocycles. The van der Waals surface area contributed by atoms with Crippen LogP contribution in [-0.2, 0) is 17.9 Å². The monoisotopic (exact) mass is 221 g/mol. The average molecular weight is 221 g/mol. The van der Waals surface area contributed by atoms with Gasteiger partial charge in [0.25, 0.3) is 0 Å². The zero-order valence-electron chi connectivity index (χ0n) is 10.6. The maximum atomic E-state index is 5.12. The van der Waals surface area contributed by atoms with Gasteiger partial charge in [0.15, 0.2) is 0 Å². The Kier molecular flexibility index (Phi) is 6.12. The minimum absolute atomic E-state index is 0.694. The van der Waals surface area contributed by atoms with Crippen LogP contribution in [0.1, 0.15) is 31.4 Å². The van der Waals surface area contributed by atoms with Crippen LogP contribution < -0.4 is 5.32 Å². The number of hydrogen-bond donors (Lipinski definition) is 1. The van der Waals surface area contributed by atoms with Crippen molar-refractivity contribution in [2.45, 2.75) is 33.4 Å². The minimum atomic E-state index is 0.694. The van der Waals surface area contributed by atoms with E-state index in [1.54, 1.807) is 7.11 Å². The van der Waals surface area contributed by atoms with Gasteiger partial charge in [-0.1, -0.05) is 38.1 Å². The van der Waals surface area contributed by atoms with E-state index in [-0.39, 0.29) is 0 Å². The Hall–Kier alpha value is -0.860. The summed E-state index contributed by atoms with van der Waals surface area (Å²) >= 11 is 0. The molecule has 0 saturated heterocycles.